The third-order valence-corrected chi connectivity index (χ3v) is 5.82. The number of rotatable bonds is 10. The fourth-order valence-corrected chi connectivity index (χ4v) is 3.72. The maximum atomic E-state index is 12.7. The van der Waals surface area contributed by atoms with Gasteiger partial charge in [-0.05, 0) is 30.7 Å². The van der Waals surface area contributed by atoms with Crippen LogP contribution < -0.4 is 10.0 Å². The number of nitrogens with one attached hydrogen (secondary N) is 2. The Hall–Kier alpha value is -4.08. The van der Waals surface area contributed by atoms with E-state index >= 15 is 0 Å². The van der Waals surface area contributed by atoms with Crippen LogP contribution in [0, 0.1) is 6.92 Å². The first-order chi connectivity index (χ1) is 16.7. The highest BCUT2D eigenvalue weighted by Gasteiger charge is 2.16. The molecule has 1 amide bonds. The quantitative estimate of drug-likeness (QED) is 0.331. The number of esters is 1. The van der Waals surface area contributed by atoms with Crippen molar-refractivity contribution in [2.24, 2.45) is 0 Å². The molecule has 0 unspecified atom stereocenters. The van der Waals surface area contributed by atoms with Gasteiger partial charge in [0.1, 0.15) is 6.54 Å². The van der Waals surface area contributed by atoms with Crippen LogP contribution in [-0.2, 0) is 24.3 Å². The minimum Gasteiger partial charge on any atom is -0.455 e. The molecule has 0 bridgehead atoms. The third-order valence-electron chi connectivity index (χ3n) is 4.78. The van der Waals surface area contributed by atoms with Crippen LogP contribution in [-0.4, -0.2) is 39.2 Å². The number of anilines is 1. The van der Waals surface area contributed by atoms with E-state index in [1.165, 1.54) is 6.08 Å². The topological polar surface area (TPSA) is 119 Å². The highest BCUT2D eigenvalue weighted by molar-refractivity contribution is 7.92. The molecule has 9 heteroatoms. The van der Waals surface area contributed by atoms with Crippen LogP contribution in [0.2, 0.25) is 0 Å². The van der Waals surface area contributed by atoms with Crippen LogP contribution in [0.4, 0.5) is 5.69 Å². The second kappa shape index (κ2) is 11.9. The highest BCUT2D eigenvalue weighted by atomic mass is 32.2. The molecule has 0 radical (unpaired) electrons. The maximum Gasteiger partial charge on any atom is 0.321 e. The smallest absolute Gasteiger partial charge is 0.321 e. The number of carbonyl (C=O) groups is 3. The number of benzene rings is 3. The summed E-state index contributed by atoms with van der Waals surface area (Å²) in [5, 5.41) is 3.49. The zero-order valence-corrected chi connectivity index (χ0v) is 19.7. The zero-order valence-electron chi connectivity index (χ0n) is 18.9. The molecule has 0 fully saturated rings. The molecule has 180 valence electrons. The Bertz CT molecular complexity index is 1330. The van der Waals surface area contributed by atoms with E-state index in [1.54, 1.807) is 66.7 Å². The first-order valence-electron chi connectivity index (χ1n) is 10.6. The number of para-hydroxylation sites is 1. The summed E-state index contributed by atoms with van der Waals surface area (Å²) in [5.41, 5.74) is 2.74. The predicted molar refractivity (Wildman–Crippen MR) is 133 cm³/mol. The molecule has 0 aromatic heterocycles. The van der Waals surface area contributed by atoms with Crippen LogP contribution in [0.3, 0.4) is 0 Å². The van der Waals surface area contributed by atoms with Gasteiger partial charge in [-0.2, -0.15) is 0 Å². The van der Waals surface area contributed by atoms with E-state index in [1.807, 2.05) is 19.1 Å². The summed E-state index contributed by atoms with van der Waals surface area (Å²) in [6.07, 6.45) is 1.40. The van der Waals surface area contributed by atoms with Gasteiger partial charge in [0.15, 0.2) is 12.4 Å². The monoisotopic (exact) mass is 492 g/mol. The van der Waals surface area contributed by atoms with Gasteiger partial charge < -0.3 is 10.1 Å². The van der Waals surface area contributed by atoms with Gasteiger partial charge in [-0.1, -0.05) is 72.3 Å². The van der Waals surface area contributed by atoms with E-state index in [2.05, 4.69) is 10.0 Å². The molecule has 35 heavy (non-hydrogen) atoms. The Balaban J connectivity index is 1.50. The molecule has 0 aliphatic rings. The molecular weight excluding hydrogens is 468 g/mol. The molecule has 0 spiro atoms. The lowest BCUT2D eigenvalue weighted by Crippen LogP contribution is -2.31. The molecule has 2 N–H and O–H groups in total. The average Bonchev–Trinajstić information content (AvgIpc) is 2.86. The van der Waals surface area contributed by atoms with Crippen molar-refractivity contribution in [3.05, 3.63) is 107 Å². The van der Waals surface area contributed by atoms with Gasteiger partial charge in [0.25, 0.3) is 5.91 Å². The van der Waals surface area contributed by atoms with Crippen molar-refractivity contribution in [3.63, 3.8) is 0 Å². The van der Waals surface area contributed by atoms with Crippen molar-refractivity contribution >= 4 is 39.4 Å². The molecule has 0 saturated heterocycles. The van der Waals surface area contributed by atoms with E-state index in [4.69, 9.17) is 4.74 Å². The highest BCUT2D eigenvalue weighted by Crippen LogP contribution is 2.19. The maximum absolute atomic E-state index is 12.7. The van der Waals surface area contributed by atoms with Gasteiger partial charge in [0.2, 0.25) is 10.0 Å². The van der Waals surface area contributed by atoms with E-state index in [-0.39, 0.29) is 17.0 Å². The molecule has 0 heterocycles. The Morgan fingerprint density at radius 3 is 2.26 bits per heavy atom. The Labute approximate surface area is 203 Å². The molecule has 3 aromatic carbocycles. The largest absolute Gasteiger partial charge is 0.455 e. The Kier molecular flexibility index (Phi) is 8.66. The van der Waals surface area contributed by atoms with Gasteiger partial charge in [0, 0.05) is 16.5 Å². The normalized spacial score (nSPS) is 11.2. The number of carbonyl (C=O) groups excluding carboxylic acids is 3. The molecule has 8 nitrogen and oxygen atoms in total. The first-order valence-corrected chi connectivity index (χ1v) is 12.2. The molecule has 0 aliphatic carbocycles. The van der Waals surface area contributed by atoms with Crippen molar-refractivity contribution in [2.75, 3.05) is 18.5 Å². The number of hydrogen-bond donors (Lipinski definition) is 2. The molecule has 0 saturated carbocycles. The second-order valence-electron chi connectivity index (χ2n) is 7.53. The van der Waals surface area contributed by atoms with Crippen molar-refractivity contribution in [2.45, 2.75) is 6.92 Å². The lowest BCUT2D eigenvalue weighted by molar-refractivity contribution is -0.146. The standard InChI is InChI=1S/C26H24N2O6S/c1-19-11-13-20(14-12-19)15-16-35(32,33)27-17-25(30)34-18-24(29)28-23-10-6-5-9-22(23)26(31)21-7-3-2-4-8-21/h2-16,27H,17-18H2,1H3,(H,28,29)/b16-15+. The summed E-state index contributed by atoms with van der Waals surface area (Å²) in [5.74, 6) is -1.87. The summed E-state index contributed by atoms with van der Waals surface area (Å²) in [7, 11) is -3.88. The van der Waals surface area contributed by atoms with Crippen molar-refractivity contribution in [1.29, 1.82) is 0 Å². The van der Waals surface area contributed by atoms with Gasteiger partial charge in [-0.25, -0.2) is 13.1 Å². The van der Waals surface area contributed by atoms with Crippen LogP contribution in [0.1, 0.15) is 27.0 Å². The lowest BCUT2D eigenvalue weighted by atomic mass is 10.0. The van der Waals surface area contributed by atoms with E-state index in [0.717, 1.165) is 11.0 Å². The number of amides is 1. The lowest BCUT2D eigenvalue weighted by Gasteiger charge is -2.11. The minimum atomic E-state index is -3.88. The van der Waals surface area contributed by atoms with E-state index < -0.39 is 35.1 Å². The summed E-state index contributed by atoms with van der Waals surface area (Å²) in [6, 6.07) is 22.3. The second-order valence-corrected chi connectivity index (χ2v) is 9.18. The molecule has 3 aromatic rings. The molecule has 0 atom stereocenters. The summed E-state index contributed by atoms with van der Waals surface area (Å²) >= 11 is 0. The van der Waals surface area contributed by atoms with Gasteiger partial charge in [-0.3, -0.25) is 14.4 Å². The van der Waals surface area contributed by atoms with Gasteiger partial charge in [-0.15, -0.1) is 0 Å². The van der Waals surface area contributed by atoms with Crippen molar-refractivity contribution in [3.8, 4) is 0 Å². The van der Waals surface area contributed by atoms with Crippen LogP contribution in [0.25, 0.3) is 6.08 Å². The van der Waals surface area contributed by atoms with Crippen molar-refractivity contribution < 1.29 is 27.5 Å². The van der Waals surface area contributed by atoms with E-state index in [9.17, 15) is 22.8 Å². The summed E-state index contributed by atoms with van der Waals surface area (Å²) < 4.78 is 31.0. The Morgan fingerprint density at radius 1 is 0.886 bits per heavy atom. The number of ketones is 1. The minimum absolute atomic E-state index is 0.268. The SMILES string of the molecule is Cc1ccc(/C=C/S(=O)(=O)NCC(=O)OCC(=O)Nc2ccccc2C(=O)c2ccccc2)cc1. The zero-order chi connectivity index (χ0) is 25.3. The third kappa shape index (κ3) is 8.02. The summed E-state index contributed by atoms with van der Waals surface area (Å²) in [4.78, 5) is 36.9. The number of ether oxygens (including phenoxy) is 1. The first kappa shape index (κ1) is 25.5. The van der Waals surface area contributed by atoms with Crippen LogP contribution in [0.15, 0.2) is 84.3 Å². The fraction of sp³-hybridized carbons (Fsp3) is 0.115. The predicted octanol–water partition coefficient (Wildman–Crippen LogP) is 3.30. The van der Waals surface area contributed by atoms with E-state index in [0.29, 0.717) is 11.1 Å². The summed E-state index contributed by atoms with van der Waals surface area (Å²) in [6.45, 7) is 0.630. The fourth-order valence-electron chi connectivity index (χ4n) is 2.97. The molecule has 0 aliphatic heterocycles. The number of sulfonamides is 1. The molecular formula is C26H24N2O6S. The Morgan fingerprint density at radius 2 is 1.54 bits per heavy atom. The van der Waals surface area contributed by atoms with Gasteiger partial charge in [0.05, 0.1) is 5.69 Å². The number of aryl methyl sites for hydroxylation is 1. The number of hydrogen-bond acceptors (Lipinski definition) is 6. The average molecular weight is 493 g/mol. The molecule has 3 rings (SSSR count). The van der Waals surface area contributed by atoms with Crippen molar-refractivity contribution in [1.82, 2.24) is 4.72 Å². The van der Waals surface area contributed by atoms with Gasteiger partial charge >= 0.3 is 5.97 Å². The van der Waals surface area contributed by atoms with Crippen LogP contribution >= 0.6 is 0 Å². The van der Waals surface area contributed by atoms with Crippen LogP contribution in [0.5, 0.6) is 0 Å².